The van der Waals surface area contributed by atoms with E-state index in [1.807, 2.05) is 0 Å². The number of nitrogens with one attached hydrogen (secondary N) is 1. The van der Waals surface area contributed by atoms with Crippen molar-refractivity contribution in [2.24, 2.45) is 0 Å². The van der Waals surface area contributed by atoms with E-state index in [-0.39, 0.29) is 0 Å². The molecule has 0 aromatic rings. The number of nitrogens with zero attached hydrogens (tertiary/aromatic N) is 2. The molecule has 0 spiro atoms. The van der Waals surface area contributed by atoms with Crippen molar-refractivity contribution in [2.75, 3.05) is 66.1 Å². The molecule has 0 saturated carbocycles. The number of morpholine rings is 1. The van der Waals surface area contributed by atoms with E-state index in [1.54, 1.807) is 0 Å². The smallest absolute Gasteiger partial charge is 0.0591 e. The van der Waals surface area contributed by atoms with Crippen LogP contribution in [-0.2, 0) is 4.74 Å². The zero-order valence-corrected chi connectivity index (χ0v) is 10.9. The van der Waals surface area contributed by atoms with Crippen LogP contribution >= 0.6 is 0 Å². The molecular weight excluding hydrogens is 202 g/mol. The summed E-state index contributed by atoms with van der Waals surface area (Å²) in [5.41, 5.74) is 0. The van der Waals surface area contributed by atoms with Crippen LogP contribution in [0, 0.1) is 0 Å². The average molecular weight is 229 g/mol. The number of hydrogen-bond acceptors (Lipinski definition) is 4. The number of piperazine rings is 1. The Morgan fingerprint density at radius 3 is 2.06 bits per heavy atom. The maximum Gasteiger partial charge on any atom is 0.0591 e. The predicted molar refractivity (Wildman–Crippen MR) is 67.9 cm³/mol. The molecule has 2 aliphatic rings. The summed E-state index contributed by atoms with van der Waals surface area (Å²) in [6.45, 7) is 12.4. The first-order valence-electron chi connectivity index (χ1n) is 6.52. The third-order valence-electron chi connectivity index (χ3n) is 2.98. The molecule has 2 heterocycles. The first kappa shape index (κ1) is 13.9. The third kappa shape index (κ3) is 6.43. The summed E-state index contributed by atoms with van der Waals surface area (Å²) in [7, 11) is 2.20. The van der Waals surface area contributed by atoms with E-state index >= 15 is 0 Å². The normalized spacial score (nSPS) is 23.6. The van der Waals surface area contributed by atoms with Gasteiger partial charge in [-0.15, -0.1) is 0 Å². The van der Waals surface area contributed by atoms with E-state index in [0.717, 1.165) is 26.3 Å². The fourth-order valence-electron chi connectivity index (χ4n) is 1.90. The Morgan fingerprint density at radius 2 is 1.69 bits per heavy atom. The van der Waals surface area contributed by atoms with Crippen molar-refractivity contribution in [2.45, 2.75) is 13.3 Å². The van der Waals surface area contributed by atoms with Crippen molar-refractivity contribution < 1.29 is 4.74 Å². The van der Waals surface area contributed by atoms with Crippen molar-refractivity contribution in [1.29, 1.82) is 0 Å². The van der Waals surface area contributed by atoms with Crippen molar-refractivity contribution in [1.82, 2.24) is 15.1 Å². The zero-order valence-electron chi connectivity index (χ0n) is 10.9. The van der Waals surface area contributed by atoms with Crippen LogP contribution in [0.5, 0.6) is 0 Å². The van der Waals surface area contributed by atoms with Gasteiger partial charge in [0.05, 0.1) is 13.2 Å². The standard InChI is InChI=1S/C8H18N2.C4H9NO/c1-3-4-10-7-5-9(2)6-8-10;1-3-6-4-2-5-1/h3-8H2,1-2H3;5H,1-4H2. The van der Waals surface area contributed by atoms with Gasteiger partial charge in [0.2, 0.25) is 0 Å². The Morgan fingerprint density at radius 1 is 1.06 bits per heavy atom. The van der Waals surface area contributed by atoms with Gasteiger partial charge in [0.15, 0.2) is 0 Å². The second-order valence-corrected chi connectivity index (χ2v) is 4.51. The summed E-state index contributed by atoms with van der Waals surface area (Å²) in [5, 5.41) is 3.16. The second-order valence-electron chi connectivity index (χ2n) is 4.51. The summed E-state index contributed by atoms with van der Waals surface area (Å²) in [5.74, 6) is 0. The van der Waals surface area contributed by atoms with E-state index in [4.69, 9.17) is 4.74 Å². The van der Waals surface area contributed by atoms with Gasteiger partial charge in [-0.1, -0.05) is 6.92 Å². The van der Waals surface area contributed by atoms with E-state index in [9.17, 15) is 0 Å². The van der Waals surface area contributed by atoms with E-state index in [2.05, 4.69) is 29.1 Å². The Kier molecular flexibility index (Phi) is 7.76. The van der Waals surface area contributed by atoms with Crippen molar-refractivity contribution in [3.05, 3.63) is 0 Å². The molecule has 2 saturated heterocycles. The molecular formula is C12H27N3O. The van der Waals surface area contributed by atoms with Gasteiger partial charge in [-0.05, 0) is 20.0 Å². The van der Waals surface area contributed by atoms with Gasteiger partial charge >= 0.3 is 0 Å². The quantitative estimate of drug-likeness (QED) is 0.735. The topological polar surface area (TPSA) is 27.7 Å². The highest BCUT2D eigenvalue weighted by Gasteiger charge is 2.11. The predicted octanol–water partition coefficient (Wildman–Crippen LogP) is 0.250. The summed E-state index contributed by atoms with van der Waals surface area (Å²) >= 11 is 0. The Labute approximate surface area is 99.9 Å². The summed E-state index contributed by atoms with van der Waals surface area (Å²) in [4.78, 5) is 4.94. The highest BCUT2D eigenvalue weighted by atomic mass is 16.5. The van der Waals surface area contributed by atoms with Crippen molar-refractivity contribution in [3.8, 4) is 0 Å². The molecule has 0 aromatic heterocycles. The van der Waals surface area contributed by atoms with Gasteiger partial charge < -0.3 is 19.9 Å². The van der Waals surface area contributed by atoms with Crippen molar-refractivity contribution in [3.63, 3.8) is 0 Å². The number of rotatable bonds is 2. The number of ether oxygens (including phenoxy) is 1. The minimum Gasteiger partial charge on any atom is -0.379 e. The van der Waals surface area contributed by atoms with Gasteiger partial charge in [-0.2, -0.15) is 0 Å². The molecule has 0 bridgehead atoms. The molecule has 2 rings (SSSR count). The SMILES string of the molecule is C1COCCN1.CCCN1CCN(C)CC1. The summed E-state index contributed by atoms with van der Waals surface area (Å²) in [6.07, 6.45) is 1.30. The molecule has 0 amide bonds. The fraction of sp³-hybridized carbons (Fsp3) is 1.00. The molecule has 0 radical (unpaired) electrons. The van der Waals surface area contributed by atoms with E-state index in [0.29, 0.717) is 0 Å². The Balaban J connectivity index is 0.000000181. The molecule has 2 aliphatic heterocycles. The average Bonchev–Trinajstić information content (AvgIpc) is 2.35. The van der Waals surface area contributed by atoms with Gasteiger partial charge in [-0.3, -0.25) is 0 Å². The van der Waals surface area contributed by atoms with E-state index in [1.165, 1.54) is 39.1 Å². The summed E-state index contributed by atoms with van der Waals surface area (Å²) in [6, 6.07) is 0. The largest absolute Gasteiger partial charge is 0.379 e. The molecule has 16 heavy (non-hydrogen) atoms. The number of likely N-dealkylation sites (N-methyl/N-ethyl adjacent to an activating group) is 1. The first-order valence-corrected chi connectivity index (χ1v) is 6.52. The molecule has 4 nitrogen and oxygen atoms in total. The minimum atomic E-state index is 0.889. The molecule has 0 atom stereocenters. The van der Waals surface area contributed by atoms with Crippen LogP contribution in [0.2, 0.25) is 0 Å². The van der Waals surface area contributed by atoms with Crippen LogP contribution in [0.4, 0.5) is 0 Å². The van der Waals surface area contributed by atoms with Crippen LogP contribution in [-0.4, -0.2) is 75.9 Å². The fourth-order valence-corrected chi connectivity index (χ4v) is 1.90. The van der Waals surface area contributed by atoms with Crippen LogP contribution in [0.25, 0.3) is 0 Å². The van der Waals surface area contributed by atoms with Crippen molar-refractivity contribution >= 4 is 0 Å². The first-order chi connectivity index (χ1) is 7.83. The number of hydrogen-bond donors (Lipinski definition) is 1. The minimum absolute atomic E-state index is 0.889. The highest BCUT2D eigenvalue weighted by molar-refractivity contribution is 4.67. The lowest BCUT2D eigenvalue weighted by Crippen LogP contribution is -2.44. The summed E-state index contributed by atoms with van der Waals surface area (Å²) < 4.78 is 5.01. The maximum absolute atomic E-state index is 5.01. The maximum atomic E-state index is 5.01. The van der Waals surface area contributed by atoms with Crippen LogP contribution in [0.15, 0.2) is 0 Å². The van der Waals surface area contributed by atoms with Gasteiger partial charge in [0, 0.05) is 39.3 Å². The van der Waals surface area contributed by atoms with Gasteiger partial charge in [0.25, 0.3) is 0 Å². The lowest BCUT2D eigenvalue weighted by Gasteiger charge is -2.31. The Hall–Kier alpha value is -0.160. The second kappa shape index (κ2) is 8.93. The van der Waals surface area contributed by atoms with Crippen LogP contribution < -0.4 is 5.32 Å². The van der Waals surface area contributed by atoms with E-state index < -0.39 is 0 Å². The lowest BCUT2D eigenvalue weighted by atomic mass is 10.3. The molecule has 1 N–H and O–H groups in total. The monoisotopic (exact) mass is 229 g/mol. The van der Waals surface area contributed by atoms with Gasteiger partial charge in [0.1, 0.15) is 0 Å². The Bertz CT molecular complexity index is 143. The highest BCUT2D eigenvalue weighted by Crippen LogP contribution is 1.98. The molecule has 2 fully saturated rings. The zero-order chi connectivity index (χ0) is 11.6. The van der Waals surface area contributed by atoms with Crippen LogP contribution in [0.3, 0.4) is 0 Å². The van der Waals surface area contributed by atoms with Gasteiger partial charge in [-0.25, -0.2) is 0 Å². The lowest BCUT2D eigenvalue weighted by molar-refractivity contribution is 0.109. The molecule has 4 heteroatoms. The molecule has 0 aromatic carbocycles. The van der Waals surface area contributed by atoms with Crippen LogP contribution in [0.1, 0.15) is 13.3 Å². The molecule has 96 valence electrons. The molecule has 0 unspecified atom stereocenters. The third-order valence-corrected chi connectivity index (χ3v) is 2.98. The molecule has 0 aliphatic carbocycles.